The molecule has 2 atom stereocenters. The van der Waals surface area contributed by atoms with Crippen LogP contribution in [0.2, 0.25) is 0 Å². The summed E-state index contributed by atoms with van der Waals surface area (Å²) in [7, 11) is 0. The van der Waals surface area contributed by atoms with Crippen molar-refractivity contribution in [2.24, 2.45) is 0 Å². The Hall–Kier alpha value is -0.730. The summed E-state index contributed by atoms with van der Waals surface area (Å²) >= 11 is 0. The van der Waals surface area contributed by atoms with Crippen LogP contribution in [0.25, 0.3) is 0 Å². The lowest BCUT2D eigenvalue weighted by atomic mass is 9.97. The van der Waals surface area contributed by atoms with Gasteiger partial charge in [-0.25, -0.2) is 13.2 Å². The van der Waals surface area contributed by atoms with Crippen molar-refractivity contribution in [3.63, 3.8) is 0 Å². The molecule has 56 valence electrons. The van der Waals surface area contributed by atoms with Gasteiger partial charge in [0, 0.05) is 0 Å². The van der Waals surface area contributed by atoms with Crippen LogP contribution in [0.4, 0.5) is 13.2 Å². The van der Waals surface area contributed by atoms with Gasteiger partial charge in [0.25, 0.3) is 0 Å². The Bertz CT molecular complexity index is 191. The lowest BCUT2D eigenvalue weighted by Crippen LogP contribution is -2.29. The van der Waals surface area contributed by atoms with Gasteiger partial charge in [0.05, 0.1) is 0 Å². The van der Waals surface area contributed by atoms with E-state index in [2.05, 4.69) is 0 Å². The van der Waals surface area contributed by atoms with E-state index in [1.165, 1.54) is 0 Å². The van der Waals surface area contributed by atoms with Crippen molar-refractivity contribution in [3.8, 4) is 0 Å². The van der Waals surface area contributed by atoms with E-state index in [1.807, 2.05) is 0 Å². The average Bonchev–Trinajstić information content (AvgIpc) is 1.81. The van der Waals surface area contributed by atoms with E-state index in [-0.39, 0.29) is 0 Å². The maximum Gasteiger partial charge on any atom is 0.161 e. The van der Waals surface area contributed by atoms with Crippen LogP contribution in [-0.4, -0.2) is 11.8 Å². The third kappa shape index (κ3) is 1.23. The second kappa shape index (κ2) is 2.15. The molecular weight excluding hydrogens is 141 g/mol. The van der Waals surface area contributed by atoms with E-state index < -0.39 is 17.7 Å². The van der Waals surface area contributed by atoms with Gasteiger partial charge in [0.15, 0.2) is 11.8 Å². The zero-order valence-corrected chi connectivity index (χ0v) is 5.44. The number of halogens is 3. The highest BCUT2D eigenvalue weighted by atomic mass is 19.2. The Morgan fingerprint density at radius 3 is 2.60 bits per heavy atom. The molecule has 0 heterocycles. The van der Waals surface area contributed by atoms with E-state index in [1.54, 1.807) is 0 Å². The Morgan fingerprint density at radius 2 is 2.20 bits per heavy atom. The smallest absolute Gasteiger partial charge is 0.161 e. The van der Waals surface area contributed by atoms with Crippen molar-refractivity contribution in [1.29, 1.82) is 0 Å². The first kappa shape index (κ1) is 7.38. The zero-order chi connectivity index (χ0) is 7.78. The number of alkyl halides is 2. The summed E-state index contributed by atoms with van der Waals surface area (Å²) in [5, 5.41) is 0. The standard InChI is InChI=1S/C7H7F3/c1-7(10)3-2-5(8)4-6(7)9/h2-4,6H,1H3. The molecule has 1 aliphatic rings. The molecule has 0 spiro atoms. The highest BCUT2D eigenvalue weighted by Crippen LogP contribution is 2.27. The number of allylic oxidation sites excluding steroid dienone is 4. The molecule has 1 rings (SSSR count). The van der Waals surface area contributed by atoms with Gasteiger partial charge in [-0.15, -0.1) is 0 Å². The number of rotatable bonds is 0. The van der Waals surface area contributed by atoms with Crippen LogP contribution >= 0.6 is 0 Å². The normalized spacial score (nSPS) is 39.6. The summed E-state index contributed by atoms with van der Waals surface area (Å²) < 4.78 is 37.4. The summed E-state index contributed by atoms with van der Waals surface area (Å²) in [6.07, 6.45) is 0.570. The van der Waals surface area contributed by atoms with Crippen LogP contribution in [-0.2, 0) is 0 Å². The fourth-order valence-corrected chi connectivity index (χ4v) is 0.693. The molecule has 0 aromatic carbocycles. The highest BCUT2D eigenvalue weighted by Gasteiger charge is 2.32. The van der Waals surface area contributed by atoms with Gasteiger partial charge in [-0.1, -0.05) is 0 Å². The van der Waals surface area contributed by atoms with E-state index in [9.17, 15) is 13.2 Å². The summed E-state index contributed by atoms with van der Waals surface area (Å²) in [5.41, 5.74) is -2.05. The van der Waals surface area contributed by atoms with Gasteiger partial charge in [-0.2, -0.15) is 0 Å². The maximum atomic E-state index is 12.8. The topological polar surface area (TPSA) is 0 Å². The number of hydrogen-bond donors (Lipinski definition) is 0. The Morgan fingerprint density at radius 1 is 1.60 bits per heavy atom. The molecule has 0 aromatic rings. The van der Waals surface area contributed by atoms with Gasteiger partial charge in [-0.3, -0.25) is 0 Å². The number of hydrogen-bond acceptors (Lipinski definition) is 0. The molecule has 0 radical (unpaired) electrons. The van der Waals surface area contributed by atoms with Crippen molar-refractivity contribution < 1.29 is 13.2 Å². The fraction of sp³-hybridized carbons (Fsp3) is 0.429. The molecule has 0 saturated heterocycles. The average molecular weight is 148 g/mol. The third-order valence-electron chi connectivity index (χ3n) is 1.41. The molecule has 2 unspecified atom stereocenters. The van der Waals surface area contributed by atoms with Crippen LogP contribution in [0.15, 0.2) is 24.1 Å². The molecule has 10 heavy (non-hydrogen) atoms. The van der Waals surface area contributed by atoms with Gasteiger partial charge >= 0.3 is 0 Å². The summed E-state index contributed by atoms with van der Waals surface area (Å²) in [5.74, 6) is -0.720. The first-order valence-corrected chi connectivity index (χ1v) is 2.92. The minimum Gasteiger partial charge on any atom is -0.239 e. The van der Waals surface area contributed by atoms with E-state index >= 15 is 0 Å². The largest absolute Gasteiger partial charge is 0.239 e. The van der Waals surface area contributed by atoms with Crippen molar-refractivity contribution in [2.75, 3.05) is 0 Å². The molecule has 0 amide bonds. The van der Waals surface area contributed by atoms with E-state index in [4.69, 9.17) is 0 Å². The fourth-order valence-electron chi connectivity index (χ4n) is 0.693. The monoisotopic (exact) mass is 148 g/mol. The van der Waals surface area contributed by atoms with Crippen LogP contribution in [0.3, 0.4) is 0 Å². The zero-order valence-electron chi connectivity index (χ0n) is 5.44. The van der Waals surface area contributed by atoms with Crippen LogP contribution < -0.4 is 0 Å². The lowest BCUT2D eigenvalue weighted by Gasteiger charge is -2.20. The minimum atomic E-state index is -2.05. The Kier molecular flexibility index (Phi) is 1.58. The van der Waals surface area contributed by atoms with Crippen molar-refractivity contribution in [1.82, 2.24) is 0 Å². The summed E-state index contributed by atoms with van der Waals surface area (Å²) in [4.78, 5) is 0. The summed E-state index contributed by atoms with van der Waals surface area (Å²) in [6.45, 7) is 1.07. The highest BCUT2D eigenvalue weighted by molar-refractivity contribution is 5.26. The summed E-state index contributed by atoms with van der Waals surface area (Å²) in [6, 6.07) is 0. The molecule has 0 nitrogen and oxygen atoms in total. The molecule has 0 saturated carbocycles. The van der Waals surface area contributed by atoms with E-state index in [0.717, 1.165) is 19.1 Å². The van der Waals surface area contributed by atoms with Gasteiger partial charge in [0.2, 0.25) is 0 Å². The molecule has 0 bridgehead atoms. The molecular formula is C7H7F3. The molecule has 3 heteroatoms. The maximum absolute atomic E-state index is 12.8. The van der Waals surface area contributed by atoms with Crippen LogP contribution in [0.1, 0.15) is 6.92 Å². The molecule has 1 aliphatic carbocycles. The molecule has 0 N–H and O–H groups in total. The van der Waals surface area contributed by atoms with Crippen molar-refractivity contribution in [3.05, 3.63) is 24.1 Å². The Balaban J connectivity index is 2.84. The third-order valence-corrected chi connectivity index (χ3v) is 1.41. The first-order valence-electron chi connectivity index (χ1n) is 2.92. The quantitative estimate of drug-likeness (QED) is 0.495. The second-order valence-corrected chi connectivity index (χ2v) is 2.44. The molecule has 0 fully saturated rings. The molecule has 0 aliphatic heterocycles. The van der Waals surface area contributed by atoms with Crippen molar-refractivity contribution in [2.45, 2.75) is 18.8 Å². The van der Waals surface area contributed by atoms with Crippen LogP contribution in [0.5, 0.6) is 0 Å². The van der Waals surface area contributed by atoms with Crippen LogP contribution in [0, 0.1) is 0 Å². The SMILES string of the molecule is CC1(F)C=CC(F)=CC1F. The first-order chi connectivity index (χ1) is 4.52. The predicted octanol–water partition coefficient (Wildman–Crippen LogP) is 2.48. The van der Waals surface area contributed by atoms with Gasteiger partial charge in [-0.05, 0) is 25.2 Å². The predicted molar refractivity (Wildman–Crippen MR) is 32.7 cm³/mol. The second-order valence-electron chi connectivity index (χ2n) is 2.44. The minimum absolute atomic E-state index is 0.625. The van der Waals surface area contributed by atoms with Gasteiger partial charge in [0.1, 0.15) is 5.83 Å². The molecule has 0 aromatic heterocycles. The van der Waals surface area contributed by atoms with E-state index in [0.29, 0.717) is 6.08 Å². The van der Waals surface area contributed by atoms with Crippen molar-refractivity contribution >= 4 is 0 Å². The Labute approximate surface area is 57.0 Å². The lowest BCUT2D eigenvalue weighted by molar-refractivity contribution is 0.142. The van der Waals surface area contributed by atoms with Gasteiger partial charge < -0.3 is 0 Å².